The molecule has 2 heterocycles. The molecular formula is C18H19ClN4O2. The number of carbonyl (C=O) groups excluding carboxylic acids is 2. The van der Waals surface area contributed by atoms with Crippen LogP contribution in [0.2, 0.25) is 5.28 Å². The number of ketones is 1. The number of amides is 1. The van der Waals surface area contributed by atoms with Gasteiger partial charge in [0.1, 0.15) is 5.82 Å². The van der Waals surface area contributed by atoms with Gasteiger partial charge >= 0.3 is 0 Å². The Morgan fingerprint density at radius 3 is 2.56 bits per heavy atom. The van der Waals surface area contributed by atoms with E-state index in [1.165, 1.54) is 0 Å². The number of carbonyl (C=O) groups is 2. The smallest absolute Gasteiger partial charge is 0.228 e. The van der Waals surface area contributed by atoms with E-state index in [9.17, 15) is 9.59 Å². The normalized spacial score (nSPS) is 15.0. The van der Waals surface area contributed by atoms with E-state index in [-0.39, 0.29) is 29.4 Å². The van der Waals surface area contributed by atoms with Crippen LogP contribution in [0.15, 0.2) is 42.6 Å². The number of nitrogens with one attached hydrogen (secondary N) is 1. The van der Waals surface area contributed by atoms with Crippen molar-refractivity contribution >= 4 is 29.1 Å². The summed E-state index contributed by atoms with van der Waals surface area (Å²) in [5.74, 6) is 0.410. The fourth-order valence-electron chi connectivity index (χ4n) is 2.91. The lowest BCUT2D eigenvalue weighted by Crippen LogP contribution is -2.45. The molecule has 3 rings (SSSR count). The molecular weight excluding hydrogens is 340 g/mol. The van der Waals surface area contributed by atoms with E-state index in [1.54, 1.807) is 30.5 Å². The number of piperidine rings is 1. The fourth-order valence-corrected chi connectivity index (χ4v) is 3.05. The van der Waals surface area contributed by atoms with Gasteiger partial charge in [0.15, 0.2) is 5.78 Å². The summed E-state index contributed by atoms with van der Waals surface area (Å²) in [6.07, 6.45) is 3.11. The Labute approximate surface area is 151 Å². The van der Waals surface area contributed by atoms with E-state index in [4.69, 9.17) is 11.6 Å². The molecule has 1 fully saturated rings. The van der Waals surface area contributed by atoms with Crippen molar-refractivity contribution in [2.24, 2.45) is 0 Å². The van der Waals surface area contributed by atoms with Crippen molar-refractivity contribution in [1.29, 1.82) is 0 Å². The predicted molar refractivity (Wildman–Crippen MR) is 95.8 cm³/mol. The summed E-state index contributed by atoms with van der Waals surface area (Å²) in [4.78, 5) is 34.4. The second-order valence-corrected chi connectivity index (χ2v) is 6.32. The molecule has 1 aromatic heterocycles. The molecule has 130 valence electrons. The average molecular weight is 359 g/mol. The molecule has 0 saturated carbocycles. The van der Waals surface area contributed by atoms with Crippen LogP contribution in [0.25, 0.3) is 0 Å². The molecule has 25 heavy (non-hydrogen) atoms. The summed E-state index contributed by atoms with van der Waals surface area (Å²) in [5.41, 5.74) is 0.563. The zero-order valence-electron chi connectivity index (χ0n) is 13.7. The Balaban J connectivity index is 1.47. The lowest BCUT2D eigenvalue weighted by atomic mass is 10.0. The average Bonchev–Trinajstić information content (AvgIpc) is 2.63. The molecule has 1 amide bonds. The molecule has 1 aliphatic rings. The van der Waals surface area contributed by atoms with Crippen LogP contribution in [0.4, 0.5) is 5.82 Å². The van der Waals surface area contributed by atoms with E-state index in [0.717, 1.165) is 31.7 Å². The first-order valence-corrected chi connectivity index (χ1v) is 8.61. The van der Waals surface area contributed by atoms with Crippen molar-refractivity contribution in [1.82, 2.24) is 15.3 Å². The SMILES string of the molecule is O=C(CC(=O)c1ccccc1)NC1CCN(c2ccnc(Cl)n2)CC1. The van der Waals surface area contributed by atoms with Crippen LogP contribution in [0.5, 0.6) is 0 Å². The minimum atomic E-state index is -0.225. The molecule has 7 heteroatoms. The standard InChI is InChI=1S/C18H19ClN4O2/c19-18-20-9-6-16(22-18)23-10-7-14(8-11-23)21-17(25)12-15(24)13-4-2-1-3-5-13/h1-6,9,14H,7-8,10-12H2,(H,21,25). The molecule has 0 bridgehead atoms. The molecule has 1 aromatic carbocycles. The lowest BCUT2D eigenvalue weighted by molar-refractivity contribution is -0.121. The Kier molecular flexibility index (Phi) is 5.60. The number of halogens is 1. The minimum absolute atomic E-state index is 0.0737. The first kappa shape index (κ1) is 17.4. The van der Waals surface area contributed by atoms with E-state index >= 15 is 0 Å². The molecule has 1 N–H and O–H groups in total. The molecule has 0 radical (unpaired) electrons. The molecule has 0 atom stereocenters. The maximum absolute atomic E-state index is 12.1. The molecule has 6 nitrogen and oxygen atoms in total. The van der Waals surface area contributed by atoms with Gasteiger partial charge < -0.3 is 10.2 Å². The molecule has 1 aliphatic heterocycles. The predicted octanol–water partition coefficient (Wildman–Crippen LogP) is 2.49. The number of Topliss-reactive ketones (excluding diaryl/α,β-unsaturated/α-hetero) is 1. The van der Waals surface area contributed by atoms with Gasteiger partial charge in [0.05, 0.1) is 6.42 Å². The molecule has 0 unspecified atom stereocenters. The summed E-state index contributed by atoms with van der Waals surface area (Å²) in [6.45, 7) is 1.54. The highest BCUT2D eigenvalue weighted by Crippen LogP contribution is 2.18. The third kappa shape index (κ3) is 4.76. The van der Waals surface area contributed by atoms with E-state index < -0.39 is 0 Å². The van der Waals surface area contributed by atoms with Crippen LogP contribution in [-0.4, -0.2) is 40.8 Å². The summed E-state index contributed by atoms with van der Waals surface area (Å²) in [6, 6.07) is 10.8. The van der Waals surface area contributed by atoms with Gasteiger partial charge in [0.2, 0.25) is 11.2 Å². The topological polar surface area (TPSA) is 75.2 Å². The quantitative estimate of drug-likeness (QED) is 0.505. The van der Waals surface area contributed by atoms with Crippen LogP contribution in [0.3, 0.4) is 0 Å². The van der Waals surface area contributed by atoms with Gasteiger partial charge in [-0.25, -0.2) is 9.97 Å². The van der Waals surface area contributed by atoms with Crippen molar-refractivity contribution in [3.63, 3.8) is 0 Å². The number of hydrogen-bond donors (Lipinski definition) is 1. The van der Waals surface area contributed by atoms with Gasteiger partial charge in [-0.15, -0.1) is 0 Å². The van der Waals surface area contributed by atoms with Crippen molar-refractivity contribution < 1.29 is 9.59 Å². The zero-order chi connectivity index (χ0) is 17.6. The van der Waals surface area contributed by atoms with Crippen molar-refractivity contribution in [2.45, 2.75) is 25.3 Å². The van der Waals surface area contributed by atoms with Gasteiger partial charge in [0, 0.05) is 30.9 Å². The summed E-state index contributed by atoms with van der Waals surface area (Å²) in [7, 11) is 0. The summed E-state index contributed by atoms with van der Waals surface area (Å²) in [5, 5.41) is 3.19. The molecule has 2 aromatic rings. The van der Waals surface area contributed by atoms with Crippen molar-refractivity contribution in [3.8, 4) is 0 Å². The summed E-state index contributed by atoms with van der Waals surface area (Å²) >= 11 is 5.82. The third-order valence-electron chi connectivity index (χ3n) is 4.21. The Bertz CT molecular complexity index is 746. The van der Waals surface area contributed by atoms with Crippen LogP contribution < -0.4 is 10.2 Å². The minimum Gasteiger partial charge on any atom is -0.356 e. The Morgan fingerprint density at radius 1 is 1.16 bits per heavy atom. The lowest BCUT2D eigenvalue weighted by Gasteiger charge is -2.33. The number of rotatable bonds is 5. The van der Waals surface area contributed by atoms with Gasteiger partial charge in [-0.1, -0.05) is 30.3 Å². The first-order chi connectivity index (χ1) is 12.1. The van der Waals surface area contributed by atoms with E-state index in [1.807, 2.05) is 12.1 Å². The van der Waals surface area contributed by atoms with Gasteiger partial charge in [-0.3, -0.25) is 9.59 Å². The largest absolute Gasteiger partial charge is 0.356 e. The second-order valence-electron chi connectivity index (χ2n) is 5.98. The number of nitrogens with zero attached hydrogens (tertiary/aromatic N) is 3. The molecule has 0 aliphatic carbocycles. The highest BCUT2D eigenvalue weighted by molar-refractivity contribution is 6.28. The van der Waals surface area contributed by atoms with Crippen molar-refractivity contribution in [2.75, 3.05) is 18.0 Å². The third-order valence-corrected chi connectivity index (χ3v) is 4.39. The summed E-state index contributed by atoms with van der Waals surface area (Å²) < 4.78 is 0. The number of anilines is 1. The first-order valence-electron chi connectivity index (χ1n) is 8.23. The fraction of sp³-hybridized carbons (Fsp3) is 0.333. The van der Waals surface area contributed by atoms with Crippen molar-refractivity contribution in [3.05, 3.63) is 53.4 Å². The molecule has 1 saturated heterocycles. The van der Waals surface area contributed by atoms with E-state index in [2.05, 4.69) is 20.2 Å². The monoisotopic (exact) mass is 358 g/mol. The van der Waals surface area contributed by atoms with Gasteiger partial charge in [0.25, 0.3) is 0 Å². The van der Waals surface area contributed by atoms with Crippen LogP contribution in [0.1, 0.15) is 29.6 Å². The highest BCUT2D eigenvalue weighted by Gasteiger charge is 2.22. The van der Waals surface area contributed by atoms with Crippen LogP contribution in [-0.2, 0) is 4.79 Å². The maximum Gasteiger partial charge on any atom is 0.228 e. The van der Waals surface area contributed by atoms with Gasteiger partial charge in [-0.2, -0.15) is 0 Å². The van der Waals surface area contributed by atoms with Crippen LogP contribution in [0, 0.1) is 0 Å². The maximum atomic E-state index is 12.1. The highest BCUT2D eigenvalue weighted by atomic mass is 35.5. The van der Waals surface area contributed by atoms with Gasteiger partial charge in [-0.05, 0) is 30.5 Å². The number of hydrogen-bond acceptors (Lipinski definition) is 5. The Hall–Kier alpha value is -2.47. The number of benzene rings is 1. The molecule has 0 spiro atoms. The van der Waals surface area contributed by atoms with Crippen LogP contribution >= 0.6 is 11.6 Å². The Morgan fingerprint density at radius 2 is 1.88 bits per heavy atom. The van der Waals surface area contributed by atoms with E-state index in [0.29, 0.717) is 5.56 Å². The number of aromatic nitrogens is 2. The second kappa shape index (κ2) is 8.07. The zero-order valence-corrected chi connectivity index (χ0v) is 14.4.